The van der Waals surface area contributed by atoms with E-state index in [-0.39, 0.29) is 24.2 Å². The molecule has 0 N–H and O–H groups in total. The van der Waals surface area contributed by atoms with E-state index in [4.69, 9.17) is 21.7 Å². The Morgan fingerprint density at radius 2 is 2.08 bits per heavy atom. The molecule has 1 aromatic carbocycles. The van der Waals surface area contributed by atoms with Gasteiger partial charge < -0.3 is 14.4 Å². The van der Waals surface area contributed by atoms with Crippen LogP contribution in [0.3, 0.4) is 0 Å². The molecule has 0 unspecified atom stereocenters. The van der Waals surface area contributed by atoms with Gasteiger partial charge in [-0.25, -0.2) is 4.79 Å². The van der Waals surface area contributed by atoms with Crippen LogP contribution in [0.15, 0.2) is 24.3 Å². The van der Waals surface area contributed by atoms with Crippen LogP contribution in [0, 0.1) is 6.92 Å². The lowest BCUT2D eigenvalue weighted by Gasteiger charge is -2.38. The molecule has 0 aliphatic carbocycles. The first kappa shape index (κ1) is 16.9. The minimum atomic E-state index is -0.975. The third kappa shape index (κ3) is 2.57. The van der Waals surface area contributed by atoms with Crippen molar-refractivity contribution < 1.29 is 19.1 Å². The maximum Gasteiger partial charge on any atom is 0.423 e. The normalized spacial score (nSPS) is 23.9. The predicted octanol–water partition coefficient (Wildman–Crippen LogP) is 2.63. The molecule has 0 bridgehead atoms. The number of benzene rings is 1. The molecule has 2 heterocycles. The van der Waals surface area contributed by atoms with Crippen LogP contribution in [0.4, 0.5) is 10.5 Å². The number of anilines is 1. The van der Waals surface area contributed by atoms with Crippen molar-refractivity contribution >= 4 is 35.0 Å². The molecule has 1 atom stereocenters. The number of thiocarbonyl (C=S) groups is 1. The Labute approximate surface area is 146 Å². The molecule has 0 radical (unpaired) electrons. The Hall–Kier alpha value is -1.99. The monoisotopic (exact) mass is 348 g/mol. The van der Waals surface area contributed by atoms with E-state index in [0.717, 1.165) is 22.6 Å². The molecule has 2 aliphatic heterocycles. The highest BCUT2D eigenvalue weighted by Gasteiger charge is 2.59. The van der Waals surface area contributed by atoms with E-state index in [1.54, 1.807) is 11.8 Å². The van der Waals surface area contributed by atoms with Crippen molar-refractivity contribution in [2.24, 2.45) is 0 Å². The van der Waals surface area contributed by atoms with Gasteiger partial charge in [-0.05, 0) is 51.0 Å². The maximum atomic E-state index is 13.1. The first-order valence-corrected chi connectivity index (χ1v) is 8.42. The summed E-state index contributed by atoms with van der Waals surface area (Å²) in [5, 5.41) is 0.146. The average molecular weight is 348 g/mol. The smallest absolute Gasteiger partial charge is 0.423 e. The van der Waals surface area contributed by atoms with E-state index in [1.807, 2.05) is 31.2 Å². The zero-order valence-corrected chi connectivity index (χ0v) is 14.6. The van der Waals surface area contributed by atoms with E-state index in [1.165, 1.54) is 0 Å². The largest absolute Gasteiger partial charge is 0.449 e. The molecule has 6 nitrogen and oxygen atoms in total. The van der Waals surface area contributed by atoms with Crippen LogP contribution in [0.2, 0.25) is 0 Å². The average Bonchev–Trinajstić information content (AvgIpc) is 2.77. The summed E-state index contributed by atoms with van der Waals surface area (Å²) in [6.45, 7) is 4.66. The zero-order valence-electron chi connectivity index (χ0n) is 13.8. The van der Waals surface area contributed by atoms with Gasteiger partial charge in [-0.3, -0.25) is 4.79 Å². The Morgan fingerprint density at radius 3 is 2.67 bits per heavy atom. The second-order valence-corrected chi connectivity index (χ2v) is 6.35. The second-order valence-electron chi connectivity index (χ2n) is 5.98. The van der Waals surface area contributed by atoms with Crippen LogP contribution in [-0.2, 0) is 14.3 Å². The number of rotatable bonds is 2. The summed E-state index contributed by atoms with van der Waals surface area (Å²) in [6.07, 6.45) is 0.579. The van der Waals surface area contributed by atoms with Crippen molar-refractivity contribution in [1.82, 2.24) is 4.90 Å². The summed E-state index contributed by atoms with van der Waals surface area (Å²) < 4.78 is 10.6. The van der Waals surface area contributed by atoms with Crippen LogP contribution >= 0.6 is 12.2 Å². The van der Waals surface area contributed by atoms with Crippen LogP contribution in [-0.4, -0.2) is 47.4 Å². The van der Waals surface area contributed by atoms with Gasteiger partial charge >= 0.3 is 6.09 Å². The number of nitrogens with zero attached hydrogens (tertiary/aromatic N) is 2. The Morgan fingerprint density at radius 1 is 1.38 bits per heavy atom. The lowest BCUT2D eigenvalue weighted by atomic mass is 9.90. The molecular weight excluding hydrogens is 328 g/mol. The molecule has 2 amide bonds. The topological polar surface area (TPSA) is 59.1 Å². The minimum Gasteiger partial charge on any atom is -0.449 e. The first-order chi connectivity index (χ1) is 11.5. The standard InChI is InChI=1S/C17H20N2O4S/c1-3-23-16(21)18-14(20)17(9-4-10-22-11-17)19(15(18)24)13-7-5-12(2)6-8-13/h5-8H,3-4,9-11H2,1-2H3/t17-/m0/s1. The van der Waals surface area contributed by atoms with E-state index in [2.05, 4.69) is 0 Å². The molecule has 7 heteroatoms. The molecule has 0 saturated carbocycles. The molecule has 1 spiro atoms. The summed E-state index contributed by atoms with van der Waals surface area (Å²) in [5.74, 6) is -0.369. The van der Waals surface area contributed by atoms with Crippen molar-refractivity contribution in [3.8, 4) is 0 Å². The van der Waals surface area contributed by atoms with E-state index < -0.39 is 11.6 Å². The first-order valence-electron chi connectivity index (χ1n) is 8.01. The third-order valence-corrected chi connectivity index (χ3v) is 4.74. The Bertz CT molecular complexity index is 668. The van der Waals surface area contributed by atoms with Gasteiger partial charge in [-0.15, -0.1) is 0 Å². The lowest BCUT2D eigenvalue weighted by molar-refractivity contribution is -0.133. The number of hydrogen-bond donors (Lipinski definition) is 0. The highest BCUT2D eigenvalue weighted by atomic mass is 32.1. The molecule has 2 fully saturated rings. The summed E-state index contributed by atoms with van der Waals surface area (Å²) in [6, 6.07) is 7.71. The van der Waals surface area contributed by atoms with Crippen LogP contribution in [0.25, 0.3) is 0 Å². The summed E-state index contributed by atoms with van der Waals surface area (Å²) in [7, 11) is 0. The summed E-state index contributed by atoms with van der Waals surface area (Å²) in [4.78, 5) is 28.0. The highest BCUT2D eigenvalue weighted by molar-refractivity contribution is 7.80. The van der Waals surface area contributed by atoms with Gasteiger partial charge in [0.2, 0.25) is 0 Å². The van der Waals surface area contributed by atoms with Gasteiger partial charge in [0.25, 0.3) is 5.91 Å². The number of hydrogen-bond acceptors (Lipinski definition) is 5. The summed E-state index contributed by atoms with van der Waals surface area (Å²) >= 11 is 5.47. The fourth-order valence-electron chi connectivity index (χ4n) is 3.20. The van der Waals surface area contributed by atoms with E-state index in [0.29, 0.717) is 13.0 Å². The number of ether oxygens (including phenoxy) is 2. The van der Waals surface area contributed by atoms with Gasteiger partial charge in [-0.1, -0.05) is 17.7 Å². The zero-order chi connectivity index (χ0) is 17.3. The summed E-state index contributed by atoms with van der Waals surface area (Å²) in [5.41, 5.74) is 0.903. The molecule has 3 rings (SSSR count). The Balaban J connectivity index is 2.06. The van der Waals surface area contributed by atoms with Crippen molar-refractivity contribution in [2.75, 3.05) is 24.7 Å². The van der Waals surface area contributed by atoms with Gasteiger partial charge in [0.15, 0.2) is 10.7 Å². The van der Waals surface area contributed by atoms with Crippen molar-refractivity contribution in [3.63, 3.8) is 0 Å². The number of imide groups is 1. The molecule has 128 valence electrons. The molecule has 0 aromatic heterocycles. The third-order valence-electron chi connectivity index (χ3n) is 4.37. The fourth-order valence-corrected chi connectivity index (χ4v) is 3.64. The molecular formula is C17H20N2O4S. The number of amides is 2. The molecule has 24 heavy (non-hydrogen) atoms. The Kier molecular flexibility index (Phi) is 4.56. The predicted molar refractivity (Wildman–Crippen MR) is 92.9 cm³/mol. The van der Waals surface area contributed by atoms with Crippen molar-refractivity contribution in [3.05, 3.63) is 29.8 Å². The van der Waals surface area contributed by atoms with E-state index in [9.17, 15) is 9.59 Å². The van der Waals surface area contributed by atoms with Crippen LogP contribution < -0.4 is 4.90 Å². The molecule has 1 aromatic rings. The van der Waals surface area contributed by atoms with Gasteiger partial charge in [-0.2, -0.15) is 4.90 Å². The number of aryl methyl sites for hydroxylation is 1. The van der Waals surface area contributed by atoms with E-state index >= 15 is 0 Å². The highest BCUT2D eigenvalue weighted by Crippen LogP contribution is 2.39. The quantitative estimate of drug-likeness (QED) is 0.766. The van der Waals surface area contributed by atoms with Gasteiger partial charge in [0.1, 0.15) is 0 Å². The minimum absolute atomic E-state index is 0.146. The van der Waals surface area contributed by atoms with Gasteiger partial charge in [0.05, 0.1) is 13.2 Å². The lowest BCUT2D eigenvalue weighted by Crippen LogP contribution is -2.55. The van der Waals surface area contributed by atoms with Gasteiger partial charge in [0, 0.05) is 12.3 Å². The SMILES string of the molecule is CCOC(=O)N1C(=O)[C@@]2(CCCOC2)N(c2ccc(C)cc2)C1=S. The fraction of sp³-hybridized carbons (Fsp3) is 0.471. The second kappa shape index (κ2) is 6.49. The van der Waals surface area contributed by atoms with Crippen LogP contribution in [0.1, 0.15) is 25.3 Å². The maximum absolute atomic E-state index is 13.1. The number of carbonyl (C=O) groups excluding carboxylic acids is 2. The van der Waals surface area contributed by atoms with Crippen molar-refractivity contribution in [1.29, 1.82) is 0 Å². The number of carbonyl (C=O) groups is 2. The molecule has 2 saturated heterocycles. The molecule has 2 aliphatic rings. The van der Waals surface area contributed by atoms with Crippen molar-refractivity contribution in [2.45, 2.75) is 32.2 Å². The van der Waals surface area contributed by atoms with Crippen LogP contribution in [0.5, 0.6) is 0 Å².